The zero-order valence-electron chi connectivity index (χ0n) is 40.3. The Balaban J connectivity index is 4.50. The number of hydrogen-bond acceptors (Lipinski definition) is 5. The SMILES string of the molecule is CC/C=C/C=C/C=C/C=C\CCCCCCCC(=O)OC(CCCCC/C=C\CCCCC)CC(=O)NC(CO)C(O)CCCCCCCCCCCCCCCCCCC. The van der Waals surface area contributed by atoms with E-state index in [1.54, 1.807) is 0 Å². The maximum absolute atomic E-state index is 13.2. The van der Waals surface area contributed by atoms with Crippen molar-refractivity contribution in [2.45, 2.75) is 270 Å². The molecule has 0 bridgehead atoms. The molecule has 0 radical (unpaired) electrons. The molecule has 61 heavy (non-hydrogen) atoms. The minimum atomic E-state index is -0.797. The predicted octanol–water partition coefficient (Wildman–Crippen LogP) is 15.6. The third kappa shape index (κ3) is 44.0. The van der Waals surface area contributed by atoms with Crippen molar-refractivity contribution in [3.8, 4) is 0 Å². The van der Waals surface area contributed by atoms with E-state index in [-0.39, 0.29) is 24.9 Å². The highest BCUT2D eigenvalue weighted by atomic mass is 16.5. The number of aliphatic hydroxyl groups excluding tert-OH is 2. The molecule has 1 amide bonds. The van der Waals surface area contributed by atoms with E-state index in [1.165, 1.54) is 109 Å². The largest absolute Gasteiger partial charge is 0.462 e. The van der Waals surface area contributed by atoms with Gasteiger partial charge in [-0.25, -0.2) is 0 Å². The summed E-state index contributed by atoms with van der Waals surface area (Å²) in [6.45, 7) is 6.32. The van der Waals surface area contributed by atoms with Crippen molar-refractivity contribution in [1.82, 2.24) is 5.32 Å². The molecule has 6 nitrogen and oxygen atoms in total. The van der Waals surface area contributed by atoms with Gasteiger partial charge in [0.25, 0.3) is 0 Å². The number of hydrogen-bond donors (Lipinski definition) is 3. The summed E-state index contributed by atoms with van der Waals surface area (Å²) in [5.74, 6) is -0.516. The Morgan fingerprint density at radius 2 is 0.902 bits per heavy atom. The van der Waals surface area contributed by atoms with E-state index in [0.29, 0.717) is 19.3 Å². The monoisotopic (exact) mass is 854 g/mol. The maximum Gasteiger partial charge on any atom is 0.306 e. The molecule has 354 valence electrons. The van der Waals surface area contributed by atoms with Gasteiger partial charge < -0.3 is 20.3 Å². The fourth-order valence-corrected chi connectivity index (χ4v) is 7.73. The highest BCUT2D eigenvalue weighted by Gasteiger charge is 2.24. The quantitative estimate of drug-likeness (QED) is 0.0245. The number of aliphatic hydroxyl groups is 2. The van der Waals surface area contributed by atoms with E-state index in [9.17, 15) is 19.8 Å². The number of allylic oxidation sites excluding steroid dienone is 10. The molecule has 0 aromatic heterocycles. The van der Waals surface area contributed by atoms with Crippen LogP contribution in [0.15, 0.2) is 60.8 Å². The fourth-order valence-electron chi connectivity index (χ4n) is 7.73. The lowest BCUT2D eigenvalue weighted by Crippen LogP contribution is -2.46. The van der Waals surface area contributed by atoms with Gasteiger partial charge in [0.1, 0.15) is 6.10 Å². The molecule has 0 aliphatic rings. The molecule has 0 aliphatic carbocycles. The average molecular weight is 854 g/mol. The summed E-state index contributed by atoms with van der Waals surface area (Å²) in [7, 11) is 0. The number of esters is 1. The third-order valence-electron chi connectivity index (χ3n) is 11.7. The molecule has 0 aliphatic heterocycles. The molecule has 0 spiro atoms. The first-order valence-electron chi connectivity index (χ1n) is 26.1. The average Bonchev–Trinajstić information content (AvgIpc) is 3.25. The number of unbranched alkanes of at least 4 members (excludes halogenated alkanes) is 27. The van der Waals surface area contributed by atoms with E-state index < -0.39 is 18.2 Å². The van der Waals surface area contributed by atoms with Crippen molar-refractivity contribution in [2.75, 3.05) is 6.61 Å². The second-order valence-electron chi connectivity index (χ2n) is 17.6. The molecular weight excluding hydrogens is 755 g/mol. The summed E-state index contributed by atoms with van der Waals surface area (Å²) in [5.41, 5.74) is 0. The zero-order valence-corrected chi connectivity index (χ0v) is 40.3. The lowest BCUT2D eigenvalue weighted by atomic mass is 10.0. The van der Waals surface area contributed by atoms with Crippen LogP contribution in [0, 0.1) is 0 Å². The van der Waals surface area contributed by atoms with Crippen molar-refractivity contribution in [3.05, 3.63) is 60.8 Å². The van der Waals surface area contributed by atoms with Gasteiger partial charge in [-0.2, -0.15) is 0 Å². The van der Waals surface area contributed by atoms with Crippen LogP contribution in [0.2, 0.25) is 0 Å². The number of ether oxygens (including phenoxy) is 1. The Morgan fingerprint density at radius 1 is 0.492 bits per heavy atom. The van der Waals surface area contributed by atoms with E-state index in [4.69, 9.17) is 4.74 Å². The second-order valence-corrected chi connectivity index (χ2v) is 17.6. The summed E-state index contributed by atoms with van der Waals surface area (Å²) in [5, 5.41) is 23.8. The summed E-state index contributed by atoms with van der Waals surface area (Å²) in [4.78, 5) is 26.1. The molecule has 0 heterocycles. The third-order valence-corrected chi connectivity index (χ3v) is 11.7. The van der Waals surface area contributed by atoms with E-state index in [2.05, 4.69) is 68.6 Å². The van der Waals surface area contributed by atoms with Crippen LogP contribution in [0.25, 0.3) is 0 Å². The van der Waals surface area contributed by atoms with Crippen molar-refractivity contribution in [3.63, 3.8) is 0 Å². The predicted molar refractivity (Wildman–Crippen MR) is 264 cm³/mol. The standard InChI is InChI=1S/C55H99NO5/c1-4-7-10-13-16-19-22-24-26-27-29-30-32-35-38-41-44-47-53(58)52(50-57)56-54(59)49-51(46-43-40-37-34-21-18-15-12-9-6-3)61-55(60)48-45-42-39-36-33-31-28-25-23-20-17-14-11-8-5-2/h8,11,14,17-18,20-21,23,25,28,51-53,57-58H,4-7,9-10,12-13,15-16,19,22,24,26-27,29-50H2,1-3H3,(H,56,59)/b11-8+,17-14+,21-18-,23-20+,28-25-. The highest BCUT2D eigenvalue weighted by Crippen LogP contribution is 2.18. The highest BCUT2D eigenvalue weighted by molar-refractivity contribution is 5.77. The Hall–Kier alpha value is -2.44. The number of nitrogens with one attached hydrogen (secondary N) is 1. The smallest absolute Gasteiger partial charge is 0.306 e. The molecule has 0 rings (SSSR count). The van der Waals surface area contributed by atoms with Crippen LogP contribution in [0.3, 0.4) is 0 Å². The molecule has 0 fully saturated rings. The van der Waals surface area contributed by atoms with E-state index >= 15 is 0 Å². The van der Waals surface area contributed by atoms with Crippen LogP contribution in [0.4, 0.5) is 0 Å². The molecule has 3 unspecified atom stereocenters. The lowest BCUT2D eigenvalue weighted by Gasteiger charge is -2.24. The minimum Gasteiger partial charge on any atom is -0.462 e. The summed E-state index contributed by atoms with van der Waals surface area (Å²) in [6, 6.07) is -0.712. The fraction of sp³-hybridized carbons (Fsp3) is 0.782. The normalized spacial score (nSPS) is 13.7. The molecule has 0 aromatic rings. The molecule has 3 N–H and O–H groups in total. The minimum absolute atomic E-state index is 0.0559. The molecule has 6 heteroatoms. The van der Waals surface area contributed by atoms with Gasteiger partial charge >= 0.3 is 5.97 Å². The molecule has 3 atom stereocenters. The van der Waals surface area contributed by atoms with Crippen LogP contribution in [-0.4, -0.2) is 46.9 Å². The van der Waals surface area contributed by atoms with Gasteiger partial charge in [0.15, 0.2) is 0 Å². The van der Waals surface area contributed by atoms with E-state index in [1.807, 2.05) is 18.2 Å². The van der Waals surface area contributed by atoms with Gasteiger partial charge in [-0.1, -0.05) is 229 Å². The molecule has 0 saturated heterocycles. The Labute approximate surface area is 378 Å². The van der Waals surface area contributed by atoms with Gasteiger partial charge in [0.2, 0.25) is 5.91 Å². The van der Waals surface area contributed by atoms with Crippen LogP contribution in [-0.2, 0) is 14.3 Å². The van der Waals surface area contributed by atoms with Crippen LogP contribution in [0.1, 0.15) is 252 Å². The number of carbonyl (C=O) groups excluding carboxylic acids is 2. The topological polar surface area (TPSA) is 95.9 Å². The molecular formula is C55H99NO5. The van der Waals surface area contributed by atoms with Crippen molar-refractivity contribution in [2.24, 2.45) is 0 Å². The van der Waals surface area contributed by atoms with Crippen molar-refractivity contribution < 1.29 is 24.5 Å². The summed E-state index contributed by atoms with van der Waals surface area (Å²) < 4.78 is 5.90. The number of amides is 1. The maximum atomic E-state index is 13.2. The first-order chi connectivity index (χ1) is 30.0. The Morgan fingerprint density at radius 3 is 1.44 bits per heavy atom. The van der Waals surface area contributed by atoms with Gasteiger partial charge in [0, 0.05) is 6.42 Å². The summed E-state index contributed by atoms with van der Waals surface area (Å²) >= 11 is 0. The first kappa shape index (κ1) is 58.6. The van der Waals surface area contributed by atoms with Crippen LogP contribution in [0.5, 0.6) is 0 Å². The van der Waals surface area contributed by atoms with Gasteiger partial charge in [-0.3, -0.25) is 9.59 Å². The van der Waals surface area contributed by atoms with Crippen molar-refractivity contribution in [1.29, 1.82) is 0 Å². The first-order valence-corrected chi connectivity index (χ1v) is 26.1. The van der Waals surface area contributed by atoms with E-state index in [0.717, 1.165) is 96.3 Å². The van der Waals surface area contributed by atoms with Gasteiger partial charge in [0.05, 0.1) is 25.2 Å². The van der Waals surface area contributed by atoms with Gasteiger partial charge in [-0.05, 0) is 70.6 Å². The van der Waals surface area contributed by atoms with Gasteiger partial charge in [-0.15, -0.1) is 0 Å². The molecule has 0 saturated carbocycles. The number of carbonyl (C=O) groups is 2. The second kappa shape index (κ2) is 48.6. The zero-order chi connectivity index (χ0) is 44.5. The van der Waals surface area contributed by atoms with Crippen LogP contribution < -0.4 is 5.32 Å². The van der Waals surface area contributed by atoms with Crippen molar-refractivity contribution >= 4 is 11.9 Å². The van der Waals surface area contributed by atoms with Crippen LogP contribution >= 0.6 is 0 Å². The Kier molecular flexibility index (Phi) is 46.6. The molecule has 0 aromatic carbocycles. The lowest BCUT2D eigenvalue weighted by molar-refractivity contribution is -0.151. The number of rotatable bonds is 46. The Bertz CT molecular complexity index is 1090. The summed E-state index contributed by atoms with van der Waals surface area (Å²) in [6.07, 6.45) is 60.0.